The minimum Gasteiger partial charge on any atom is -0.496 e. The van der Waals surface area contributed by atoms with Crippen molar-refractivity contribution in [2.24, 2.45) is 0 Å². The van der Waals surface area contributed by atoms with E-state index in [2.05, 4.69) is 4.98 Å². The van der Waals surface area contributed by atoms with Crippen molar-refractivity contribution in [1.29, 1.82) is 0 Å². The lowest BCUT2D eigenvalue weighted by molar-refractivity contribution is -0.131. The van der Waals surface area contributed by atoms with E-state index >= 15 is 0 Å². The van der Waals surface area contributed by atoms with Crippen LogP contribution in [0.4, 0.5) is 8.78 Å². The molecule has 0 fully saturated rings. The van der Waals surface area contributed by atoms with Crippen molar-refractivity contribution < 1.29 is 33.0 Å². The van der Waals surface area contributed by atoms with E-state index in [0.717, 1.165) is 22.7 Å². The van der Waals surface area contributed by atoms with Crippen LogP contribution in [0.25, 0.3) is 11.0 Å². The second-order valence-electron chi connectivity index (χ2n) is 9.09. The lowest BCUT2D eigenvalue weighted by Gasteiger charge is -2.29. The lowest BCUT2D eigenvalue weighted by atomic mass is 10.0. The molecular formula is C28H25F2N3O5. The van der Waals surface area contributed by atoms with E-state index in [1.807, 2.05) is 16.7 Å². The number of aromatic nitrogens is 2. The molecule has 10 heteroatoms. The summed E-state index contributed by atoms with van der Waals surface area (Å²) in [6.45, 7) is 0.977. The first-order chi connectivity index (χ1) is 18.3. The first-order valence-corrected chi connectivity index (χ1v) is 11.9. The molecular weight excluding hydrogens is 496 g/mol. The number of fused-ring (bicyclic) bond motifs is 3. The number of amides is 1. The maximum absolute atomic E-state index is 13.9. The van der Waals surface area contributed by atoms with Crippen LogP contribution in [0.15, 0.2) is 48.7 Å². The summed E-state index contributed by atoms with van der Waals surface area (Å²) in [5.74, 6) is -2.46. The third kappa shape index (κ3) is 4.65. The molecule has 1 aliphatic rings. The Hall–Kier alpha value is -4.47. The molecule has 3 heterocycles. The van der Waals surface area contributed by atoms with Crippen LogP contribution >= 0.6 is 0 Å². The van der Waals surface area contributed by atoms with E-state index in [-0.39, 0.29) is 35.9 Å². The topological polar surface area (TPSA) is 93.9 Å². The minimum absolute atomic E-state index is 0.00946. The highest BCUT2D eigenvalue weighted by Crippen LogP contribution is 2.33. The number of hydrogen-bond acceptors (Lipinski definition) is 5. The fourth-order valence-corrected chi connectivity index (χ4v) is 5.09. The van der Waals surface area contributed by atoms with Gasteiger partial charge >= 0.3 is 5.97 Å². The normalized spacial score (nSPS) is 12.9. The van der Waals surface area contributed by atoms with Gasteiger partial charge < -0.3 is 24.0 Å². The Balaban J connectivity index is 1.46. The molecule has 8 nitrogen and oxygen atoms in total. The first-order valence-electron chi connectivity index (χ1n) is 11.9. The summed E-state index contributed by atoms with van der Waals surface area (Å²) in [5, 5.41) is 10.5. The molecule has 0 bridgehead atoms. The molecule has 1 amide bonds. The molecule has 5 rings (SSSR count). The van der Waals surface area contributed by atoms with Gasteiger partial charge in [0.25, 0.3) is 0 Å². The Morgan fingerprint density at radius 3 is 2.34 bits per heavy atom. The predicted molar refractivity (Wildman–Crippen MR) is 135 cm³/mol. The zero-order valence-corrected chi connectivity index (χ0v) is 20.8. The van der Waals surface area contributed by atoms with E-state index < -0.39 is 17.6 Å². The van der Waals surface area contributed by atoms with Crippen LogP contribution in [0.5, 0.6) is 11.5 Å². The third-order valence-corrected chi connectivity index (χ3v) is 6.76. The van der Waals surface area contributed by atoms with Gasteiger partial charge in [-0.05, 0) is 59.5 Å². The van der Waals surface area contributed by atoms with E-state index in [1.165, 1.54) is 38.5 Å². The van der Waals surface area contributed by atoms with Gasteiger partial charge in [0, 0.05) is 36.4 Å². The van der Waals surface area contributed by atoms with Crippen molar-refractivity contribution in [3.05, 3.63) is 88.2 Å². The number of nitrogens with zero attached hydrogens (tertiary/aromatic N) is 3. The second kappa shape index (κ2) is 10.1. The van der Waals surface area contributed by atoms with E-state index in [0.29, 0.717) is 36.3 Å². The van der Waals surface area contributed by atoms with Gasteiger partial charge in [-0.3, -0.25) is 4.79 Å². The summed E-state index contributed by atoms with van der Waals surface area (Å²) < 4.78 is 40.2. The van der Waals surface area contributed by atoms with Crippen molar-refractivity contribution in [2.75, 3.05) is 20.8 Å². The molecule has 1 N–H and O–H groups in total. The van der Waals surface area contributed by atoms with Crippen molar-refractivity contribution in [1.82, 2.24) is 14.5 Å². The molecule has 2 aromatic carbocycles. The van der Waals surface area contributed by atoms with Crippen LogP contribution in [-0.4, -0.2) is 52.2 Å². The number of pyridine rings is 1. The zero-order chi connectivity index (χ0) is 27.0. The molecule has 0 aliphatic carbocycles. The van der Waals surface area contributed by atoms with Crippen LogP contribution in [0.3, 0.4) is 0 Å². The molecule has 0 radical (unpaired) electrons. The molecule has 0 unspecified atom stereocenters. The number of carboxylic acids is 1. The largest absolute Gasteiger partial charge is 0.496 e. The number of halogens is 2. The molecule has 1 aliphatic heterocycles. The summed E-state index contributed by atoms with van der Waals surface area (Å²) in [5.41, 5.74) is 3.50. The van der Waals surface area contributed by atoms with Gasteiger partial charge in [-0.2, -0.15) is 0 Å². The fourth-order valence-electron chi connectivity index (χ4n) is 5.09. The van der Waals surface area contributed by atoms with E-state index in [4.69, 9.17) is 9.47 Å². The number of aromatic carboxylic acids is 1. The van der Waals surface area contributed by atoms with Gasteiger partial charge in [-0.15, -0.1) is 0 Å². The summed E-state index contributed by atoms with van der Waals surface area (Å²) in [6, 6.07) is 10.3. The van der Waals surface area contributed by atoms with Gasteiger partial charge in [-0.25, -0.2) is 18.6 Å². The molecule has 0 spiro atoms. The zero-order valence-electron chi connectivity index (χ0n) is 20.8. The monoisotopic (exact) mass is 521 g/mol. The molecule has 0 saturated heterocycles. The summed E-state index contributed by atoms with van der Waals surface area (Å²) in [7, 11) is 2.71. The average Bonchev–Trinajstić information content (AvgIpc) is 3.20. The SMILES string of the molecule is COc1cc(CC(=O)N2CCc3c(n(Cc4cc(F)cc(F)c4)c4ncccc34)C2)cc(OC)c1C(=O)O. The Kier molecular flexibility index (Phi) is 6.71. The maximum Gasteiger partial charge on any atom is 0.343 e. The fraction of sp³-hybridized carbons (Fsp3) is 0.250. The molecule has 2 aromatic heterocycles. The van der Waals surface area contributed by atoms with E-state index in [1.54, 1.807) is 11.1 Å². The maximum atomic E-state index is 13.9. The van der Waals surface area contributed by atoms with Gasteiger partial charge in [-0.1, -0.05) is 0 Å². The number of ether oxygens (including phenoxy) is 2. The highest BCUT2D eigenvalue weighted by Gasteiger charge is 2.28. The lowest BCUT2D eigenvalue weighted by Crippen LogP contribution is -2.37. The van der Waals surface area contributed by atoms with Gasteiger partial charge in [0.1, 0.15) is 34.3 Å². The Bertz CT molecular complexity index is 1520. The van der Waals surface area contributed by atoms with Crippen LogP contribution < -0.4 is 9.47 Å². The first kappa shape index (κ1) is 25.2. The number of carbonyl (C=O) groups is 2. The number of carbonyl (C=O) groups excluding carboxylic acids is 1. The van der Waals surface area contributed by atoms with Crippen molar-refractivity contribution in [3.8, 4) is 11.5 Å². The molecule has 0 saturated carbocycles. The molecule has 38 heavy (non-hydrogen) atoms. The second-order valence-corrected chi connectivity index (χ2v) is 9.09. The van der Waals surface area contributed by atoms with Crippen molar-refractivity contribution >= 4 is 22.9 Å². The van der Waals surface area contributed by atoms with Gasteiger partial charge in [0.05, 0.1) is 27.2 Å². The number of rotatable bonds is 7. The highest BCUT2D eigenvalue weighted by molar-refractivity contribution is 5.94. The Labute approximate surface area is 217 Å². The molecule has 196 valence electrons. The predicted octanol–water partition coefficient (Wildman–Crippen LogP) is 4.21. The van der Waals surface area contributed by atoms with Crippen molar-refractivity contribution in [3.63, 3.8) is 0 Å². The molecule has 4 aromatic rings. The average molecular weight is 522 g/mol. The summed E-state index contributed by atoms with van der Waals surface area (Å²) in [4.78, 5) is 31.3. The van der Waals surface area contributed by atoms with Crippen LogP contribution in [-0.2, 0) is 30.7 Å². The number of benzene rings is 2. The minimum atomic E-state index is -1.19. The summed E-state index contributed by atoms with van der Waals surface area (Å²) in [6.07, 6.45) is 2.27. The number of hydrogen-bond donors (Lipinski definition) is 1. The molecule has 0 atom stereocenters. The smallest absolute Gasteiger partial charge is 0.343 e. The van der Waals surface area contributed by atoms with Crippen LogP contribution in [0.2, 0.25) is 0 Å². The van der Waals surface area contributed by atoms with Gasteiger partial charge in [0.15, 0.2) is 0 Å². The Morgan fingerprint density at radius 1 is 1.03 bits per heavy atom. The van der Waals surface area contributed by atoms with Crippen molar-refractivity contribution in [2.45, 2.75) is 25.9 Å². The quantitative estimate of drug-likeness (QED) is 0.392. The highest BCUT2D eigenvalue weighted by atomic mass is 19.1. The summed E-state index contributed by atoms with van der Waals surface area (Å²) >= 11 is 0. The Morgan fingerprint density at radius 2 is 1.71 bits per heavy atom. The van der Waals surface area contributed by atoms with Gasteiger partial charge in [0.2, 0.25) is 5.91 Å². The standard InChI is InChI=1S/C28H25F2N3O5/c1-37-23-10-16(11-24(38-2)26(23)28(35)36)12-25(34)32-7-5-20-21-4-3-6-31-27(21)33(22(20)15-32)14-17-8-18(29)13-19(30)9-17/h3-4,6,8-11,13H,5,7,12,14-15H2,1-2H3,(H,35,36). The number of methoxy groups -OCH3 is 2. The van der Waals surface area contributed by atoms with Crippen LogP contribution in [0.1, 0.15) is 32.7 Å². The third-order valence-electron chi connectivity index (χ3n) is 6.76. The van der Waals surface area contributed by atoms with Crippen LogP contribution in [0, 0.1) is 11.6 Å². The number of carboxylic acid groups (broad SMARTS) is 1. The van der Waals surface area contributed by atoms with E-state index in [9.17, 15) is 23.5 Å².